The van der Waals surface area contributed by atoms with Crippen LogP contribution in [-0.4, -0.2) is 43.9 Å². The van der Waals surface area contributed by atoms with E-state index in [-0.39, 0.29) is 12.0 Å². The second-order valence-corrected chi connectivity index (χ2v) is 5.13. The van der Waals surface area contributed by atoms with Crippen molar-refractivity contribution < 1.29 is 9.84 Å². The van der Waals surface area contributed by atoms with E-state index in [1.165, 1.54) is 5.56 Å². The number of rotatable bonds is 3. The SMILES string of the molecule is COc1ccc(C)cc1C1(CO)CCN(C)C1. The van der Waals surface area contributed by atoms with E-state index in [1.54, 1.807) is 7.11 Å². The maximum Gasteiger partial charge on any atom is 0.122 e. The van der Waals surface area contributed by atoms with Gasteiger partial charge in [0.2, 0.25) is 0 Å². The Hall–Kier alpha value is -1.06. The molecule has 1 saturated heterocycles. The standard InChI is InChI=1S/C14H21NO2/c1-11-4-5-13(17-3)12(8-11)14(10-16)6-7-15(2)9-14/h4-5,8,16H,6-7,9-10H2,1-3H3. The molecule has 3 nitrogen and oxygen atoms in total. The molecule has 1 heterocycles. The minimum absolute atomic E-state index is 0.161. The summed E-state index contributed by atoms with van der Waals surface area (Å²) in [7, 11) is 3.79. The van der Waals surface area contributed by atoms with Gasteiger partial charge in [-0.3, -0.25) is 0 Å². The lowest BCUT2D eigenvalue weighted by molar-refractivity contribution is 0.191. The highest BCUT2D eigenvalue weighted by molar-refractivity contribution is 5.43. The number of benzene rings is 1. The average Bonchev–Trinajstić information content (AvgIpc) is 2.72. The molecule has 1 fully saturated rings. The van der Waals surface area contributed by atoms with E-state index < -0.39 is 0 Å². The first kappa shape index (κ1) is 12.4. The maximum atomic E-state index is 9.82. The summed E-state index contributed by atoms with van der Waals surface area (Å²) in [4.78, 5) is 2.26. The van der Waals surface area contributed by atoms with Gasteiger partial charge >= 0.3 is 0 Å². The maximum absolute atomic E-state index is 9.82. The molecule has 1 aliphatic heterocycles. The van der Waals surface area contributed by atoms with Gasteiger partial charge in [0.25, 0.3) is 0 Å². The van der Waals surface area contributed by atoms with Gasteiger partial charge in [0.05, 0.1) is 13.7 Å². The second kappa shape index (κ2) is 4.67. The normalized spacial score (nSPS) is 25.2. The van der Waals surface area contributed by atoms with Crippen molar-refractivity contribution in [3.05, 3.63) is 29.3 Å². The molecule has 0 saturated carbocycles. The van der Waals surface area contributed by atoms with Crippen LogP contribution in [-0.2, 0) is 5.41 Å². The molecule has 94 valence electrons. The van der Waals surface area contributed by atoms with Gasteiger partial charge in [-0.25, -0.2) is 0 Å². The Labute approximate surface area is 103 Å². The van der Waals surface area contributed by atoms with Gasteiger partial charge in [-0.1, -0.05) is 17.7 Å². The van der Waals surface area contributed by atoms with E-state index in [0.29, 0.717) is 0 Å². The van der Waals surface area contributed by atoms with E-state index in [2.05, 4.69) is 24.9 Å². The van der Waals surface area contributed by atoms with E-state index in [1.807, 2.05) is 12.1 Å². The topological polar surface area (TPSA) is 32.7 Å². The Morgan fingerprint density at radius 3 is 2.76 bits per heavy atom. The number of hydrogen-bond donors (Lipinski definition) is 1. The Balaban J connectivity index is 2.46. The highest BCUT2D eigenvalue weighted by Gasteiger charge is 2.39. The van der Waals surface area contributed by atoms with Crippen LogP contribution in [0.1, 0.15) is 17.5 Å². The molecule has 0 amide bonds. The van der Waals surface area contributed by atoms with Crippen LogP contribution in [0.2, 0.25) is 0 Å². The van der Waals surface area contributed by atoms with Gasteiger partial charge in [-0.2, -0.15) is 0 Å². The molecule has 0 aromatic heterocycles. The van der Waals surface area contributed by atoms with Crippen LogP contribution in [0.3, 0.4) is 0 Å². The van der Waals surface area contributed by atoms with Crippen LogP contribution in [0.5, 0.6) is 5.75 Å². The Morgan fingerprint density at radius 1 is 1.47 bits per heavy atom. The molecule has 0 aliphatic carbocycles. The molecule has 1 aliphatic rings. The predicted octanol–water partition coefficient (Wildman–Crippen LogP) is 1.57. The largest absolute Gasteiger partial charge is 0.496 e. The Kier molecular flexibility index (Phi) is 3.40. The zero-order valence-electron chi connectivity index (χ0n) is 10.9. The fourth-order valence-electron chi connectivity index (χ4n) is 2.75. The summed E-state index contributed by atoms with van der Waals surface area (Å²) in [6.45, 7) is 4.17. The lowest BCUT2D eigenvalue weighted by atomic mass is 9.79. The monoisotopic (exact) mass is 235 g/mol. The number of aliphatic hydroxyl groups excluding tert-OH is 1. The van der Waals surface area contributed by atoms with Crippen LogP contribution in [0, 0.1) is 6.92 Å². The minimum atomic E-state index is -0.161. The number of methoxy groups -OCH3 is 1. The summed E-state index contributed by atoms with van der Waals surface area (Å²) < 4.78 is 5.45. The molecular formula is C14H21NO2. The van der Waals surface area contributed by atoms with Crippen LogP contribution in [0.15, 0.2) is 18.2 Å². The van der Waals surface area contributed by atoms with Crippen molar-refractivity contribution in [2.75, 3.05) is 33.9 Å². The molecule has 1 aromatic carbocycles. The molecule has 1 unspecified atom stereocenters. The molecule has 3 heteroatoms. The first-order valence-electron chi connectivity index (χ1n) is 6.06. The van der Waals surface area contributed by atoms with Crippen molar-refractivity contribution in [3.8, 4) is 5.75 Å². The molecule has 0 bridgehead atoms. The molecule has 0 spiro atoms. The summed E-state index contributed by atoms with van der Waals surface area (Å²) in [5.41, 5.74) is 2.20. The zero-order chi connectivity index (χ0) is 12.5. The minimum Gasteiger partial charge on any atom is -0.496 e. The quantitative estimate of drug-likeness (QED) is 0.863. The van der Waals surface area contributed by atoms with Crippen molar-refractivity contribution in [1.29, 1.82) is 0 Å². The van der Waals surface area contributed by atoms with Crippen molar-refractivity contribution in [2.24, 2.45) is 0 Å². The first-order valence-corrected chi connectivity index (χ1v) is 6.06. The Bertz CT molecular complexity index is 405. The Morgan fingerprint density at radius 2 is 2.24 bits per heavy atom. The molecule has 17 heavy (non-hydrogen) atoms. The lowest BCUT2D eigenvalue weighted by Crippen LogP contribution is -2.34. The van der Waals surface area contributed by atoms with Gasteiger partial charge < -0.3 is 14.7 Å². The fourth-order valence-corrected chi connectivity index (χ4v) is 2.75. The summed E-state index contributed by atoms with van der Waals surface area (Å²) in [5.74, 6) is 0.889. The van der Waals surface area contributed by atoms with Gasteiger partial charge in [0, 0.05) is 17.5 Å². The van der Waals surface area contributed by atoms with Crippen LogP contribution < -0.4 is 4.74 Å². The second-order valence-electron chi connectivity index (χ2n) is 5.13. The first-order chi connectivity index (χ1) is 8.11. The summed E-state index contributed by atoms with van der Waals surface area (Å²) >= 11 is 0. The molecule has 2 rings (SSSR count). The third-order valence-corrected chi connectivity index (χ3v) is 3.77. The molecule has 1 aromatic rings. The number of ether oxygens (including phenoxy) is 1. The lowest BCUT2D eigenvalue weighted by Gasteiger charge is -2.29. The van der Waals surface area contributed by atoms with Crippen molar-refractivity contribution >= 4 is 0 Å². The van der Waals surface area contributed by atoms with Gasteiger partial charge in [0.15, 0.2) is 0 Å². The zero-order valence-corrected chi connectivity index (χ0v) is 10.9. The summed E-state index contributed by atoms with van der Waals surface area (Å²) in [6.07, 6.45) is 0.986. The number of likely N-dealkylation sites (N-methyl/N-ethyl adjacent to an activating group) is 1. The number of hydrogen-bond acceptors (Lipinski definition) is 3. The van der Waals surface area contributed by atoms with Gasteiger partial charge in [-0.05, 0) is 33.0 Å². The summed E-state index contributed by atoms with van der Waals surface area (Å²) in [6, 6.07) is 6.20. The number of aryl methyl sites for hydroxylation is 1. The van der Waals surface area contributed by atoms with Crippen molar-refractivity contribution in [3.63, 3.8) is 0 Å². The van der Waals surface area contributed by atoms with Crippen molar-refractivity contribution in [1.82, 2.24) is 4.90 Å². The molecule has 1 atom stereocenters. The van der Waals surface area contributed by atoms with Crippen LogP contribution in [0.25, 0.3) is 0 Å². The van der Waals surface area contributed by atoms with E-state index in [4.69, 9.17) is 4.74 Å². The molecular weight excluding hydrogens is 214 g/mol. The third kappa shape index (κ3) is 2.17. The smallest absolute Gasteiger partial charge is 0.122 e. The highest BCUT2D eigenvalue weighted by atomic mass is 16.5. The highest BCUT2D eigenvalue weighted by Crippen LogP contribution is 2.39. The van der Waals surface area contributed by atoms with Gasteiger partial charge in [0.1, 0.15) is 5.75 Å². The van der Waals surface area contributed by atoms with Crippen LogP contribution >= 0.6 is 0 Å². The van der Waals surface area contributed by atoms with Gasteiger partial charge in [-0.15, -0.1) is 0 Å². The predicted molar refractivity (Wildman–Crippen MR) is 68.6 cm³/mol. The van der Waals surface area contributed by atoms with E-state index in [0.717, 1.165) is 30.8 Å². The molecule has 1 N–H and O–H groups in total. The average molecular weight is 235 g/mol. The van der Waals surface area contributed by atoms with Crippen molar-refractivity contribution in [2.45, 2.75) is 18.8 Å². The van der Waals surface area contributed by atoms with Crippen LogP contribution in [0.4, 0.5) is 0 Å². The van der Waals surface area contributed by atoms with E-state index >= 15 is 0 Å². The third-order valence-electron chi connectivity index (χ3n) is 3.77. The summed E-state index contributed by atoms with van der Waals surface area (Å²) in [5, 5.41) is 9.82. The number of likely N-dealkylation sites (tertiary alicyclic amines) is 1. The fraction of sp³-hybridized carbons (Fsp3) is 0.571. The number of nitrogens with zero attached hydrogens (tertiary/aromatic N) is 1. The molecule has 0 radical (unpaired) electrons. The number of aliphatic hydroxyl groups is 1. The van der Waals surface area contributed by atoms with E-state index in [9.17, 15) is 5.11 Å².